The van der Waals surface area contributed by atoms with E-state index in [1.807, 2.05) is 18.2 Å². The lowest BCUT2D eigenvalue weighted by Gasteiger charge is -2.47. The first-order valence-electron chi connectivity index (χ1n) is 9.31. The zero-order chi connectivity index (χ0) is 18.3. The van der Waals surface area contributed by atoms with E-state index in [0.717, 1.165) is 30.4 Å². The van der Waals surface area contributed by atoms with Crippen molar-refractivity contribution in [3.05, 3.63) is 65.7 Å². The molecule has 1 unspecified atom stereocenters. The Kier molecular flexibility index (Phi) is 7.00. The molecule has 0 saturated heterocycles. The fourth-order valence-corrected chi connectivity index (χ4v) is 5.15. The summed E-state index contributed by atoms with van der Waals surface area (Å²) in [7, 11) is -0.872. The molecule has 2 nitrogen and oxygen atoms in total. The molecule has 0 aromatic heterocycles. The summed E-state index contributed by atoms with van der Waals surface area (Å²) >= 11 is 0. The maximum absolute atomic E-state index is 9.91. The normalized spacial score (nSPS) is 14.8. The van der Waals surface area contributed by atoms with Crippen molar-refractivity contribution in [3.8, 4) is 0 Å². The molecule has 0 aliphatic carbocycles. The average Bonchev–Trinajstić information content (AvgIpc) is 2.62. The van der Waals surface area contributed by atoms with Crippen LogP contribution in [0.3, 0.4) is 0 Å². The van der Waals surface area contributed by atoms with Crippen molar-refractivity contribution in [2.24, 2.45) is 5.41 Å². The summed E-state index contributed by atoms with van der Waals surface area (Å²) in [5, 5.41) is 11.2. The molecule has 1 N–H and O–H groups in total. The van der Waals surface area contributed by atoms with Gasteiger partial charge in [0.15, 0.2) is 9.76 Å². The van der Waals surface area contributed by atoms with Crippen LogP contribution in [0.15, 0.2) is 54.6 Å². The van der Waals surface area contributed by atoms with Crippen molar-refractivity contribution in [3.63, 3.8) is 0 Å². The molecule has 0 spiro atoms. The highest BCUT2D eigenvalue weighted by atomic mass is 28.2. The van der Waals surface area contributed by atoms with Gasteiger partial charge in [-0.3, -0.25) is 0 Å². The summed E-state index contributed by atoms with van der Waals surface area (Å²) in [6.45, 7) is 9.05. The van der Waals surface area contributed by atoms with Crippen LogP contribution in [0.4, 0.5) is 0 Å². The van der Waals surface area contributed by atoms with Crippen LogP contribution in [0, 0.1) is 5.41 Å². The summed E-state index contributed by atoms with van der Waals surface area (Å²) in [5.41, 5.74) is 1.71. The maximum Gasteiger partial charge on any atom is 0.193 e. The van der Waals surface area contributed by atoms with E-state index in [1.54, 1.807) is 0 Å². The summed E-state index contributed by atoms with van der Waals surface area (Å²) in [4.78, 5) is 0. The highest BCUT2D eigenvalue weighted by Crippen LogP contribution is 2.47. The van der Waals surface area contributed by atoms with Crippen LogP contribution >= 0.6 is 0 Å². The van der Waals surface area contributed by atoms with Gasteiger partial charge in [-0.05, 0) is 28.1 Å². The van der Waals surface area contributed by atoms with Gasteiger partial charge in [-0.2, -0.15) is 0 Å². The van der Waals surface area contributed by atoms with E-state index in [1.165, 1.54) is 5.19 Å². The first-order chi connectivity index (χ1) is 11.9. The molecular formula is C22H32O2Si. The molecule has 2 aromatic rings. The zero-order valence-corrected chi connectivity index (χ0v) is 17.5. The lowest BCUT2D eigenvalue weighted by atomic mass is 9.68. The van der Waals surface area contributed by atoms with Gasteiger partial charge in [0.2, 0.25) is 0 Å². The first kappa shape index (κ1) is 19.9. The van der Waals surface area contributed by atoms with Gasteiger partial charge in [0.1, 0.15) is 0 Å². The standard InChI is InChI=1S/C22H32O2Si/c1-5-6-16-22(21(2,3)4,20-15-11-10-12-18(20)17-23)24-25-19-13-8-7-9-14-19/h7-15,23H,5-6,16-17,25H2,1-4H3. The molecule has 1 atom stereocenters. The van der Waals surface area contributed by atoms with Crippen molar-refractivity contribution in [1.29, 1.82) is 0 Å². The molecule has 136 valence electrons. The Bertz CT molecular complexity index is 649. The summed E-state index contributed by atoms with van der Waals surface area (Å²) in [6, 6.07) is 18.8. The second-order valence-corrected chi connectivity index (χ2v) is 9.16. The molecule has 0 saturated carbocycles. The predicted molar refractivity (Wildman–Crippen MR) is 109 cm³/mol. The van der Waals surface area contributed by atoms with E-state index in [0.29, 0.717) is 0 Å². The number of rotatable bonds is 8. The minimum absolute atomic E-state index is 0.0520. The Balaban J connectivity index is 2.47. The van der Waals surface area contributed by atoms with E-state index in [-0.39, 0.29) is 17.6 Å². The fraction of sp³-hybridized carbons (Fsp3) is 0.455. The fourth-order valence-electron chi connectivity index (χ4n) is 3.54. The van der Waals surface area contributed by atoms with Crippen molar-refractivity contribution >= 4 is 14.9 Å². The number of aliphatic hydroxyl groups excluding tert-OH is 1. The first-order valence-corrected chi connectivity index (χ1v) is 10.6. The molecule has 0 amide bonds. The van der Waals surface area contributed by atoms with Gasteiger partial charge in [-0.1, -0.05) is 95.1 Å². The van der Waals surface area contributed by atoms with Crippen LogP contribution in [0.1, 0.15) is 58.1 Å². The molecule has 0 heterocycles. The van der Waals surface area contributed by atoms with Crippen molar-refractivity contribution in [2.45, 2.75) is 59.2 Å². The van der Waals surface area contributed by atoms with Gasteiger partial charge in [0.05, 0.1) is 12.2 Å². The monoisotopic (exact) mass is 356 g/mol. The van der Waals surface area contributed by atoms with Crippen molar-refractivity contribution < 1.29 is 9.53 Å². The Morgan fingerprint density at radius 1 is 0.960 bits per heavy atom. The lowest BCUT2D eigenvalue weighted by molar-refractivity contribution is -0.0464. The smallest absolute Gasteiger partial charge is 0.193 e. The quantitative estimate of drug-likeness (QED) is 0.724. The SMILES string of the molecule is CCCCC(O[SiH2]c1ccccc1)(c1ccccc1CO)C(C)(C)C. The van der Waals surface area contributed by atoms with Gasteiger partial charge in [-0.25, -0.2) is 0 Å². The zero-order valence-electron chi connectivity index (χ0n) is 16.1. The molecule has 0 aliphatic rings. The average molecular weight is 357 g/mol. The predicted octanol–water partition coefficient (Wildman–Crippen LogP) is 4.04. The van der Waals surface area contributed by atoms with Crippen LogP contribution in [0.5, 0.6) is 0 Å². The molecule has 0 radical (unpaired) electrons. The third-order valence-corrected chi connectivity index (χ3v) is 6.49. The third-order valence-electron chi connectivity index (χ3n) is 5.04. The summed E-state index contributed by atoms with van der Waals surface area (Å²) in [5.74, 6) is 0. The van der Waals surface area contributed by atoms with Crippen LogP contribution in [0.25, 0.3) is 0 Å². The topological polar surface area (TPSA) is 29.5 Å². The molecule has 2 rings (SSSR count). The Hall–Kier alpha value is -1.42. The number of unbranched alkanes of at least 4 members (excludes halogenated alkanes) is 1. The number of hydrogen-bond donors (Lipinski definition) is 1. The molecule has 0 aliphatic heterocycles. The van der Waals surface area contributed by atoms with E-state index < -0.39 is 9.76 Å². The Morgan fingerprint density at radius 2 is 1.60 bits per heavy atom. The second-order valence-electron chi connectivity index (χ2n) is 7.77. The van der Waals surface area contributed by atoms with Crippen molar-refractivity contribution in [1.82, 2.24) is 0 Å². The molecule has 0 fully saturated rings. The lowest BCUT2D eigenvalue weighted by Crippen LogP contribution is -2.46. The largest absolute Gasteiger partial charge is 0.409 e. The van der Waals surface area contributed by atoms with Crippen LogP contribution in [0.2, 0.25) is 0 Å². The second kappa shape index (κ2) is 8.79. The van der Waals surface area contributed by atoms with E-state index in [2.05, 4.69) is 64.1 Å². The van der Waals surface area contributed by atoms with Crippen molar-refractivity contribution in [2.75, 3.05) is 0 Å². The van der Waals surface area contributed by atoms with Crippen LogP contribution < -0.4 is 5.19 Å². The van der Waals surface area contributed by atoms with Gasteiger partial charge >= 0.3 is 0 Å². The number of aliphatic hydroxyl groups is 1. The molecule has 2 aromatic carbocycles. The van der Waals surface area contributed by atoms with Crippen LogP contribution in [-0.2, 0) is 16.6 Å². The van der Waals surface area contributed by atoms with Crippen LogP contribution in [-0.4, -0.2) is 14.9 Å². The molecular weight excluding hydrogens is 324 g/mol. The highest BCUT2D eigenvalue weighted by Gasteiger charge is 2.44. The number of benzene rings is 2. The van der Waals surface area contributed by atoms with Gasteiger partial charge in [-0.15, -0.1) is 0 Å². The maximum atomic E-state index is 9.91. The molecule has 25 heavy (non-hydrogen) atoms. The summed E-state index contributed by atoms with van der Waals surface area (Å²) in [6.07, 6.45) is 3.22. The molecule has 3 heteroatoms. The van der Waals surface area contributed by atoms with E-state index >= 15 is 0 Å². The van der Waals surface area contributed by atoms with Gasteiger partial charge in [0, 0.05) is 0 Å². The minimum Gasteiger partial charge on any atom is -0.409 e. The summed E-state index contributed by atoms with van der Waals surface area (Å²) < 4.78 is 6.84. The van der Waals surface area contributed by atoms with Gasteiger partial charge in [0.25, 0.3) is 0 Å². The van der Waals surface area contributed by atoms with E-state index in [4.69, 9.17) is 4.43 Å². The number of hydrogen-bond acceptors (Lipinski definition) is 2. The minimum atomic E-state index is -0.872. The highest BCUT2D eigenvalue weighted by molar-refractivity contribution is 6.47. The molecule has 0 bridgehead atoms. The van der Waals surface area contributed by atoms with E-state index in [9.17, 15) is 5.11 Å². The van der Waals surface area contributed by atoms with Gasteiger partial charge < -0.3 is 9.53 Å². The third kappa shape index (κ3) is 4.60. The Labute approximate surface area is 155 Å². The Morgan fingerprint density at radius 3 is 2.20 bits per heavy atom.